The van der Waals surface area contributed by atoms with Gasteiger partial charge in [-0.05, 0) is 50.5 Å². The van der Waals surface area contributed by atoms with E-state index in [2.05, 4.69) is 10.3 Å². The predicted molar refractivity (Wildman–Crippen MR) is 108 cm³/mol. The first-order chi connectivity index (χ1) is 12.3. The zero-order chi connectivity index (χ0) is 19.0. The quantitative estimate of drug-likeness (QED) is 0.707. The van der Waals surface area contributed by atoms with Crippen molar-refractivity contribution in [3.8, 4) is 0 Å². The Bertz CT molecular complexity index is 1050. The van der Waals surface area contributed by atoms with Crippen LogP contribution in [-0.2, 0) is 4.79 Å². The van der Waals surface area contributed by atoms with E-state index in [0.29, 0.717) is 27.3 Å². The van der Waals surface area contributed by atoms with Crippen LogP contribution in [0.2, 0.25) is 5.02 Å². The van der Waals surface area contributed by atoms with Gasteiger partial charge in [0.15, 0.2) is 0 Å². The molecular formula is C19H20ClN3O2S. The van der Waals surface area contributed by atoms with E-state index in [1.807, 2.05) is 33.8 Å². The molecule has 0 aliphatic carbocycles. The lowest BCUT2D eigenvalue weighted by Crippen LogP contribution is -2.33. The van der Waals surface area contributed by atoms with Crippen LogP contribution in [0.3, 0.4) is 0 Å². The Hall–Kier alpha value is -2.18. The summed E-state index contributed by atoms with van der Waals surface area (Å²) < 4.78 is 1.43. The summed E-state index contributed by atoms with van der Waals surface area (Å²) in [5.74, 6) is -0.259. The van der Waals surface area contributed by atoms with Gasteiger partial charge in [-0.3, -0.25) is 14.2 Å². The molecule has 1 unspecified atom stereocenters. The van der Waals surface area contributed by atoms with Crippen molar-refractivity contribution in [3.63, 3.8) is 0 Å². The van der Waals surface area contributed by atoms with Crippen LogP contribution >= 0.6 is 22.9 Å². The molecule has 0 saturated heterocycles. The Kier molecular flexibility index (Phi) is 5.16. The number of nitrogens with one attached hydrogen (secondary N) is 1. The fraction of sp³-hybridized carbons (Fsp3) is 0.316. The number of hydrogen-bond acceptors (Lipinski definition) is 4. The van der Waals surface area contributed by atoms with Crippen LogP contribution in [0.5, 0.6) is 0 Å². The first-order valence-corrected chi connectivity index (χ1v) is 9.56. The van der Waals surface area contributed by atoms with E-state index in [1.54, 1.807) is 12.1 Å². The highest BCUT2D eigenvalue weighted by Gasteiger charge is 2.23. The number of benzene rings is 1. The van der Waals surface area contributed by atoms with Gasteiger partial charge in [0.25, 0.3) is 5.56 Å². The Morgan fingerprint density at radius 2 is 2.08 bits per heavy atom. The zero-order valence-corrected chi connectivity index (χ0v) is 16.7. The van der Waals surface area contributed by atoms with E-state index < -0.39 is 6.04 Å². The molecule has 1 N–H and O–H groups in total. The van der Waals surface area contributed by atoms with Gasteiger partial charge in [-0.1, -0.05) is 24.6 Å². The number of amides is 1. The van der Waals surface area contributed by atoms with Crippen LogP contribution in [-0.4, -0.2) is 15.5 Å². The maximum absolute atomic E-state index is 13.0. The van der Waals surface area contributed by atoms with E-state index in [4.69, 9.17) is 11.6 Å². The number of nitrogens with zero attached hydrogens (tertiary/aromatic N) is 2. The van der Waals surface area contributed by atoms with Gasteiger partial charge in [0.1, 0.15) is 10.9 Å². The van der Waals surface area contributed by atoms with Gasteiger partial charge in [0.2, 0.25) is 5.91 Å². The van der Waals surface area contributed by atoms with E-state index in [-0.39, 0.29) is 11.5 Å². The summed E-state index contributed by atoms with van der Waals surface area (Å²) in [5.41, 5.74) is 2.30. The van der Waals surface area contributed by atoms with Crippen LogP contribution in [0.15, 0.2) is 29.3 Å². The standard InChI is InChI=1S/C19H20ClN3O2S/c1-5-15(17(24)22-14-8-13(20)7-6-10(14)2)23-9-21-18-16(19(23)25)11(3)12(4)26-18/h6-9,15H,5H2,1-4H3,(H,22,24). The number of thiophene rings is 1. The lowest BCUT2D eigenvalue weighted by atomic mass is 10.1. The van der Waals surface area contributed by atoms with Crippen molar-refractivity contribution in [3.05, 3.63) is 55.9 Å². The Morgan fingerprint density at radius 3 is 2.77 bits per heavy atom. The minimum absolute atomic E-state index is 0.179. The highest BCUT2D eigenvalue weighted by Crippen LogP contribution is 2.27. The third-order valence-electron chi connectivity index (χ3n) is 4.60. The van der Waals surface area contributed by atoms with Gasteiger partial charge in [0.05, 0.1) is 11.7 Å². The Balaban J connectivity index is 2.01. The van der Waals surface area contributed by atoms with Crippen molar-refractivity contribution in [1.29, 1.82) is 0 Å². The highest BCUT2D eigenvalue weighted by molar-refractivity contribution is 7.18. The molecule has 2 heterocycles. The maximum Gasteiger partial charge on any atom is 0.263 e. The molecule has 1 atom stereocenters. The topological polar surface area (TPSA) is 64.0 Å². The van der Waals surface area contributed by atoms with E-state index >= 15 is 0 Å². The molecule has 1 aromatic carbocycles. The molecule has 7 heteroatoms. The second-order valence-corrected chi connectivity index (χ2v) is 7.93. The zero-order valence-electron chi connectivity index (χ0n) is 15.1. The number of hydrogen-bond donors (Lipinski definition) is 1. The summed E-state index contributed by atoms with van der Waals surface area (Å²) in [6, 6.07) is 4.68. The van der Waals surface area contributed by atoms with Gasteiger partial charge in [-0.25, -0.2) is 4.98 Å². The van der Waals surface area contributed by atoms with Gasteiger partial charge < -0.3 is 5.32 Å². The molecule has 0 radical (unpaired) electrons. The molecule has 3 rings (SSSR count). The number of rotatable bonds is 4. The molecule has 0 aliphatic rings. The molecule has 3 aromatic rings. The molecule has 0 saturated carbocycles. The third kappa shape index (κ3) is 3.27. The predicted octanol–water partition coefficient (Wildman–Crippen LogP) is 4.63. The second kappa shape index (κ2) is 7.21. The molecule has 2 aromatic heterocycles. The lowest BCUT2D eigenvalue weighted by molar-refractivity contribution is -0.119. The van der Waals surface area contributed by atoms with Crippen molar-refractivity contribution in [2.75, 3.05) is 5.32 Å². The Morgan fingerprint density at radius 1 is 1.35 bits per heavy atom. The fourth-order valence-electron chi connectivity index (χ4n) is 2.92. The summed E-state index contributed by atoms with van der Waals surface area (Å²) in [5, 5.41) is 4.03. The van der Waals surface area contributed by atoms with Crippen LogP contribution in [0, 0.1) is 20.8 Å². The average molecular weight is 390 g/mol. The maximum atomic E-state index is 13.0. The number of carbonyl (C=O) groups is 1. The molecule has 1 amide bonds. The van der Waals surface area contributed by atoms with E-state index in [9.17, 15) is 9.59 Å². The SMILES string of the molecule is CCC(C(=O)Nc1cc(Cl)ccc1C)n1cnc2sc(C)c(C)c2c1=O. The molecule has 0 spiro atoms. The molecule has 0 fully saturated rings. The number of carbonyl (C=O) groups excluding carboxylic acids is 1. The molecule has 0 aliphatic heterocycles. The molecule has 5 nitrogen and oxygen atoms in total. The largest absolute Gasteiger partial charge is 0.324 e. The van der Waals surface area contributed by atoms with Gasteiger partial charge >= 0.3 is 0 Å². The number of fused-ring (bicyclic) bond motifs is 1. The Labute approximate surface area is 160 Å². The summed E-state index contributed by atoms with van der Waals surface area (Å²) in [4.78, 5) is 32.0. The van der Waals surface area contributed by atoms with Gasteiger partial charge in [-0.2, -0.15) is 0 Å². The number of halogens is 1. The first-order valence-electron chi connectivity index (χ1n) is 8.37. The minimum atomic E-state index is -0.641. The van der Waals surface area contributed by atoms with Crippen molar-refractivity contribution in [2.24, 2.45) is 0 Å². The third-order valence-corrected chi connectivity index (χ3v) is 5.95. The van der Waals surface area contributed by atoms with Crippen molar-refractivity contribution < 1.29 is 4.79 Å². The van der Waals surface area contributed by atoms with Crippen molar-refractivity contribution >= 4 is 44.7 Å². The van der Waals surface area contributed by atoms with Gasteiger partial charge in [0, 0.05) is 15.6 Å². The second-order valence-electron chi connectivity index (χ2n) is 6.29. The normalized spacial score (nSPS) is 12.3. The van der Waals surface area contributed by atoms with Crippen molar-refractivity contribution in [2.45, 2.75) is 40.2 Å². The van der Waals surface area contributed by atoms with Crippen LogP contribution < -0.4 is 10.9 Å². The number of anilines is 1. The van der Waals surface area contributed by atoms with Crippen LogP contribution in [0.1, 0.15) is 35.4 Å². The number of aryl methyl sites for hydroxylation is 3. The van der Waals surface area contributed by atoms with Crippen molar-refractivity contribution in [1.82, 2.24) is 9.55 Å². The van der Waals surface area contributed by atoms with Crippen LogP contribution in [0.4, 0.5) is 5.69 Å². The number of aromatic nitrogens is 2. The smallest absolute Gasteiger partial charge is 0.263 e. The molecule has 26 heavy (non-hydrogen) atoms. The summed E-state index contributed by atoms with van der Waals surface area (Å²) in [7, 11) is 0. The first kappa shape index (κ1) is 18.6. The summed E-state index contributed by atoms with van der Waals surface area (Å²) in [6.07, 6.45) is 1.94. The summed E-state index contributed by atoms with van der Waals surface area (Å²) in [6.45, 7) is 7.65. The average Bonchev–Trinajstić information content (AvgIpc) is 2.89. The molecule has 136 valence electrons. The fourth-order valence-corrected chi connectivity index (χ4v) is 4.08. The van der Waals surface area contributed by atoms with Crippen LogP contribution in [0.25, 0.3) is 10.2 Å². The van der Waals surface area contributed by atoms with Gasteiger partial charge in [-0.15, -0.1) is 11.3 Å². The molecular weight excluding hydrogens is 370 g/mol. The molecule has 0 bridgehead atoms. The van der Waals surface area contributed by atoms with E-state index in [1.165, 1.54) is 22.2 Å². The summed E-state index contributed by atoms with van der Waals surface area (Å²) >= 11 is 7.52. The van der Waals surface area contributed by atoms with E-state index in [0.717, 1.165) is 16.0 Å². The minimum Gasteiger partial charge on any atom is -0.324 e. The highest BCUT2D eigenvalue weighted by atomic mass is 35.5. The monoisotopic (exact) mass is 389 g/mol. The lowest BCUT2D eigenvalue weighted by Gasteiger charge is -2.18.